The molecular formula is C10H18N2O. The predicted octanol–water partition coefficient (Wildman–Crippen LogP) is 1.45. The molecule has 2 rings (SSSR count). The molecule has 0 spiro atoms. The second kappa shape index (κ2) is 3.20. The molecule has 1 aliphatic heterocycles. The number of amides is 2. The molecule has 13 heavy (non-hydrogen) atoms. The Labute approximate surface area is 79.5 Å². The first-order valence-corrected chi connectivity index (χ1v) is 5.23. The van der Waals surface area contributed by atoms with Crippen molar-refractivity contribution in [2.75, 3.05) is 13.1 Å². The maximum absolute atomic E-state index is 11.4. The standard InChI is InChI=1S/C10H18N2O/c1-7(2)12-6-9(8-3-4-8)5-11-10(12)13/h7-9H,3-6H2,1-2H3,(H,11,13). The van der Waals surface area contributed by atoms with Gasteiger partial charge < -0.3 is 10.2 Å². The lowest BCUT2D eigenvalue weighted by atomic mass is 10.0. The van der Waals surface area contributed by atoms with Crippen molar-refractivity contribution in [2.45, 2.75) is 32.7 Å². The summed E-state index contributed by atoms with van der Waals surface area (Å²) in [7, 11) is 0. The highest BCUT2D eigenvalue weighted by molar-refractivity contribution is 5.75. The number of carbonyl (C=O) groups excluding carboxylic acids is 1. The van der Waals surface area contributed by atoms with Gasteiger partial charge in [0.1, 0.15) is 0 Å². The fourth-order valence-electron chi connectivity index (χ4n) is 2.05. The van der Waals surface area contributed by atoms with Crippen LogP contribution in [0, 0.1) is 11.8 Å². The minimum absolute atomic E-state index is 0.118. The lowest BCUT2D eigenvalue weighted by Crippen LogP contribution is -2.54. The molecule has 1 unspecified atom stereocenters. The van der Waals surface area contributed by atoms with Crippen LogP contribution >= 0.6 is 0 Å². The molecule has 3 heteroatoms. The van der Waals surface area contributed by atoms with Gasteiger partial charge in [0, 0.05) is 19.1 Å². The average molecular weight is 182 g/mol. The molecule has 0 radical (unpaired) electrons. The molecule has 3 nitrogen and oxygen atoms in total. The highest BCUT2D eigenvalue weighted by atomic mass is 16.2. The number of nitrogens with zero attached hydrogens (tertiary/aromatic N) is 1. The van der Waals surface area contributed by atoms with Gasteiger partial charge in [-0.1, -0.05) is 0 Å². The van der Waals surface area contributed by atoms with E-state index in [9.17, 15) is 4.79 Å². The number of hydrogen-bond acceptors (Lipinski definition) is 1. The van der Waals surface area contributed by atoms with E-state index in [1.54, 1.807) is 0 Å². The first kappa shape index (κ1) is 8.85. The Kier molecular flexibility index (Phi) is 2.18. The molecular weight excluding hydrogens is 164 g/mol. The van der Waals surface area contributed by atoms with E-state index < -0.39 is 0 Å². The van der Waals surface area contributed by atoms with Crippen molar-refractivity contribution < 1.29 is 4.79 Å². The Morgan fingerprint density at radius 2 is 2.08 bits per heavy atom. The van der Waals surface area contributed by atoms with Crippen molar-refractivity contribution in [3.05, 3.63) is 0 Å². The summed E-state index contributed by atoms with van der Waals surface area (Å²) in [6.45, 7) is 6.02. The zero-order chi connectivity index (χ0) is 9.42. The van der Waals surface area contributed by atoms with Crippen LogP contribution in [0.2, 0.25) is 0 Å². The normalized spacial score (nSPS) is 29.3. The Balaban J connectivity index is 1.96. The molecule has 1 saturated carbocycles. The van der Waals surface area contributed by atoms with Crippen LogP contribution in [-0.4, -0.2) is 30.1 Å². The van der Waals surface area contributed by atoms with Crippen LogP contribution in [0.25, 0.3) is 0 Å². The molecule has 2 amide bonds. The molecule has 1 saturated heterocycles. The molecule has 0 aromatic heterocycles. The summed E-state index contributed by atoms with van der Waals surface area (Å²) in [6, 6.07) is 0.452. The molecule has 0 aromatic carbocycles. The van der Waals surface area contributed by atoms with Crippen molar-refractivity contribution in [1.82, 2.24) is 10.2 Å². The second-order valence-electron chi connectivity index (χ2n) is 4.53. The van der Waals surface area contributed by atoms with Gasteiger partial charge in [0.25, 0.3) is 0 Å². The molecule has 0 aromatic rings. The predicted molar refractivity (Wildman–Crippen MR) is 51.5 cm³/mol. The largest absolute Gasteiger partial charge is 0.338 e. The van der Waals surface area contributed by atoms with Gasteiger partial charge in [0.15, 0.2) is 0 Å². The summed E-state index contributed by atoms with van der Waals surface area (Å²) in [6.07, 6.45) is 2.74. The Hall–Kier alpha value is -0.730. The van der Waals surface area contributed by atoms with E-state index in [2.05, 4.69) is 19.2 Å². The third-order valence-electron chi connectivity index (χ3n) is 3.12. The summed E-state index contributed by atoms with van der Waals surface area (Å²) in [5.41, 5.74) is 0. The Morgan fingerprint density at radius 1 is 1.38 bits per heavy atom. The van der Waals surface area contributed by atoms with Crippen molar-refractivity contribution in [3.63, 3.8) is 0 Å². The van der Waals surface area contributed by atoms with Crippen molar-refractivity contribution >= 4 is 6.03 Å². The molecule has 2 fully saturated rings. The van der Waals surface area contributed by atoms with E-state index in [0.717, 1.165) is 19.0 Å². The molecule has 0 bridgehead atoms. The molecule has 1 atom stereocenters. The number of urea groups is 1. The second-order valence-corrected chi connectivity index (χ2v) is 4.53. The number of carbonyl (C=O) groups is 1. The third kappa shape index (κ3) is 1.79. The van der Waals surface area contributed by atoms with Crippen molar-refractivity contribution in [3.8, 4) is 0 Å². The Bertz CT molecular complexity index is 211. The van der Waals surface area contributed by atoms with Gasteiger partial charge in [-0.25, -0.2) is 4.79 Å². The van der Waals surface area contributed by atoms with Gasteiger partial charge >= 0.3 is 6.03 Å². The Morgan fingerprint density at radius 3 is 2.62 bits per heavy atom. The monoisotopic (exact) mass is 182 g/mol. The smallest absolute Gasteiger partial charge is 0.317 e. The first-order chi connectivity index (χ1) is 6.18. The minimum Gasteiger partial charge on any atom is -0.338 e. The van der Waals surface area contributed by atoms with E-state index in [1.807, 2.05) is 4.90 Å². The molecule has 1 heterocycles. The SMILES string of the molecule is CC(C)N1CC(C2CC2)CNC1=O. The lowest BCUT2D eigenvalue weighted by molar-refractivity contribution is 0.144. The quantitative estimate of drug-likeness (QED) is 0.688. The summed E-state index contributed by atoms with van der Waals surface area (Å²) in [5, 5.41) is 2.97. The van der Waals surface area contributed by atoms with Crippen LogP contribution in [0.15, 0.2) is 0 Å². The van der Waals surface area contributed by atoms with Crippen molar-refractivity contribution in [2.24, 2.45) is 11.8 Å². The number of nitrogens with one attached hydrogen (secondary N) is 1. The van der Waals surface area contributed by atoms with Gasteiger partial charge in [-0.15, -0.1) is 0 Å². The molecule has 2 aliphatic rings. The van der Waals surface area contributed by atoms with Crippen LogP contribution in [0.1, 0.15) is 26.7 Å². The summed E-state index contributed by atoms with van der Waals surface area (Å²) >= 11 is 0. The van der Waals surface area contributed by atoms with E-state index in [-0.39, 0.29) is 6.03 Å². The summed E-state index contributed by atoms with van der Waals surface area (Å²) < 4.78 is 0. The van der Waals surface area contributed by atoms with Gasteiger partial charge in [-0.3, -0.25) is 0 Å². The summed E-state index contributed by atoms with van der Waals surface area (Å²) in [4.78, 5) is 13.4. The average Bonchev–Trinajstić information content (AvgIpc) is 2.87. The van der Waals surface area contributed by atoms with Crippen LogP contribution in [0.5, 0.6) is 0 Å². The fraction of sp³-hybridized carbons (Fsp3) is 0.900. The first-order valence-electron chi connectivity index (χ1n) is 5.23. The van der Waals surface area contributed by atoms with Crippen LogP contribution in [0.3, 0.4) is 0 Å². The van der Waals surface area contributed by atoms with Crippen molar-refractivity contribution in [1.29, 1.82) is 0 Å². The zero-order valence-electron chi connectivity index (χ0n) is 8.42. The fourth-order valence-corrected chi connectivity index (χ4v) is 2.05. The molecule has 74 valence electrons. The van der Waals surface area contributed by atoms with Crippen LogP contribution in [0.4, 0.5) is 4.79 Å². The topological polar surface area (TPSA) is 32.3 Å². The lowest BCUT2D eigenvalue weighted by Gasteiger charge is -2.36. The number of hydrogen-bond donors (Lipinski definition) is 1. The maximum Gasteiger partial charge on any atom is 0.317 e. The van der Waals surface area contributed by atoms with E-state index in [0.29, 0.717) is 12.0 Å². The highest BCUT2D eigenvalue weighted by Gasteiger charge is 2.36. The van der Waals surface area contributed by atoms with E-state index in [4.69, 9.17) is 0 Å². The molecule has 1 N–H and O–H groups in total. The van der Waals surface area contributed by atoms with Gasteiger partial charge in [0.05, 0.1) is 0 Å². The zero-order valence-corrected chi connectivity index (χ0v) is 8.42. The van der Waals surface area contributed by atoms with Gasteiger partial charge in [-0.2, -0.15) is 0 Å². The van der Waals surface area contributed by atoms with E-state index in [1.165, 1.54) is 12.8 Å². The van der Waals surface area contributed by atoms with Gasteiger partial charge in [0.2, 0.25) is 0 Å². The highest BCUT2D eigenvalue weighted by Crippen LogP contribution is 2.38. The molecule has 1 aliphatic carbocycles. The van der Waals surface area contributed by atoms with Gasteiger partial charge in [-0.05, 0) is 38.5 Å². The minimum atomic E-state index is 0.118. The maximum atomic E-state index is 11.4. The van der Waals surface area contributed by atoms with E-state index >= 15 is 0 Å². The third-order valence-corrected chi connectivity index (χ3v) is 3.12. The van der Waals surface area contributed by atoms with Crippen LogP contribution in [-0.2, 0) is 0 Å². The van der Waals surface area contributed by atoms with Crippen LogP contribution < -0.4 is 5.32 Å². The number of rotatable bonds is 2. The summed E-state index contributed by atoms with van der Waals surface area (Å²) in [5.74, 6) is 1.60.